The second-order valence-electron chi connectivity index (χ2n) is 3.51. The van der Waals surface area contributed by atoms with Crippen molar-refractivity contribution in [2.45, 2.75) is 13.5 Å². The van der Waals surface area contributed by atoms with Crippen LogP contribution in [0.2, 0.25) is 5.02 Å². The van der Waals surface area contributed by atoms with Gasteiger partial charge in [0.25, 0.3) is 5.19 Å². The second kappa shape index (κ2) is 6.49. The summed E-state index contributed by atoms with van der Waals surface area (Å²) in [7, 11) is 0. The minimum Gasteiger partial charge on any atom is -0.464 e. The maximum absolute atomic E-state index is 11.4. The van der Waals surface area contributed by atoms with Crippen molar-refractivity contribution in [3.63, 3.8) is 0 Å². The molecule has 0 saturated carbocycles. The number of nitrogens with zero attached hydrogens (tertiary/aromatic N) is 2. The monoisotopic (exact) mass is 298 g/mol. The molecule has 2 aromatic rings. The first kappa shape index (κ1) is 13.8. The molecule has 0 saturated heterocycles. The Labute approximate surface area is 119 Å². The number of aromatic nitrogens is 2. The summed E-state index contributed by atoms with van der Waals surface area (Å²) in [4.78, 5) is 11.4. The topological polar surface area (TPSA) is 61.3 Å². The van der Waals surface area contributed by atoms with Crippen molar-refractivity contribution in [3.8, 4) is 5.19 Å². The Bertz CT molecular complexity index is 574. The van der Waals surface area contributed by atoms with Crippen molar-refractivity contribution >= 4 is 28.9 Å². The fourth-order valence-electron chi connectivity index (χ4n) is 1.32. The van der Waals surface area contributed by atoms with E-state index in [9.17, 15) is 4.79 Å². The molecule has 1 heterocycles. The van der Waals surface area contributed by atoms with Crippen LogP contribution in [-0.2, 0) is 11.3 Å². The molecule has 0 amide bonds. The van der Waals surface area contributed by atoms with Crippen molar-refractivity contribution in [2.24, 2.45) is 0 Å². The molecule has 5 nitrogen and oxygen atoms in total. The van der Waals surface area contributed by atoms with Crippen LogP contribution >= 0.6 is 22.9 Å². The molecule has 1 aromatic heterocycles. The molecule has 0 unspecified atom stereocenters. The van der Waals surface area contributed by atoms with Gasteiger partial charge in [-0.1, -0.05) is 28.8 Å². The Balaban J connectivity index is 1.95. The van der Waals surface area contributed by atoms with Crippen LogP contribution in [-0.4, -0.2) is 22.8 Å². The Morgan fingerprint density at radius 2 is 2.26 bits per heavy atom. The lowest BCUT2D eigenvalue weighted by Gasteiger charge is -2.01. The van der Waals surface area contributed by atoms with Gasteiger partial charge in [-0.05, 0) is 36.0 Å². The van der Waals surface area contributed by atoms with Gasteiger partial charge < -0.3 is 9.47 Å². The standard InChI is InChI=1S/C12H11ClN2O3S/c1-2-17-11(16)10-14-15-12(19-10)18-7-8-4-3-5-9(13)6-8/h3-6H,2,7H2,1H3. The van der Waals surface area contributed by atoms with Crippen LogP contribution in [0.15, 0.2) is 24.3 Å². The molecule has 0 N–H and O–H groups in total. The van der Waals surface area contributed by atoms with E-state index in [2.05, 4.69) is 10.2 Å². The largest absolute Gasteiger partial charge is 0.464 e. The number of rotatable bonds is 5. The number of benzene rings is 1. The lowest BCUT2D eigenvalue weighted by molar-refractivity contribution is 0.0525. The number of carbonyl (C=O) groups is 1. The van der Waals surface area contributed by atoms with Gasteiger partial charge in [0.15, 0.2) is 0 Å². The highest BCUT2D eigenvalue weighted by Gasteiger charge is 2.14. The van der Waals surface area contributed by atoms with Crippen LogP contribution in [0.1, 0.15) is 22.3 Å². The number of carbonyl (C=O) groups excluding carboxylic acids is 1. The molecule has 0 radical (unpaired) electrons. The van der Waals surface area contributed by atoms with E-state index in [4.69, 9.17) is 21.1 Å². The molecular weight excluding hydrogens is 288 g/mol. The van der Waals surface area contributed by atoms with Gasteiger partial charge in [0.1, 0.15) is 6.61 Å². The summed E-state index contributed by atoms with van der Waals surface area (Å²) in [5.74, 6) is -0.488. The molecule has 1 aromatic carbocycles. The Morgan fingerprint density at radius 1 is 1.42 bits per heavy atom. The van der Waals surface area contributed by atoms with Crippen LogP contribution in [0.4, 0.5) is 0 Å². The zero-order valence-corrected chi connectivity index (χ0v) is 11.7. The second-order valence-corrected chi connectivity index (χ2v) is 4.89. The van der Waals surface area contributed by atoms with Gasteiger partial charge >= 0.3 is 5.97 Å². The van der Waals surface area contributed by atoms with Gasteiger partial charge in [-0.3, -0.25) is 0 Å². The van der Waals surface area contributed by atoms with Gasteiger partial charge in [0.05, 0.1) is 6.61 Å². The Hall–Kier alpha value is -1.66. The number of ether oxygens (including phenoxy) is 2. The zero-order chi connectivity index (χ0) is 13.7. The normalized spacial score (nSPS) is 10.2. The zero-order valence-electron chi connectivity index (χ0n) is 10.1. The molecule has 2 rings (SSSR count). The van der Waals surface area contributed by atoms with E-state index in [-0.39, 0.29) is 5.01 Å². The average molecular weight is 299 g/mol. The fraction of sp³-hybridized carbons (Fsp3) is 0.250. The van der Waals surface area contributed by atoms with E-state index in [1.54, 1.807) is 19.1 Å². The maximum Gasteiger partial charge on any atom is 0.369 e. The third kappa shape index (κ3) is 3.90. The van der Waals surface area contributed by atoms with Crippen molar-refractivity contribution in [2.75, 3.05) is 6.61 Å². The Morgan fingerprint density at radius 3 is 3.00 bits per heavy atom. The number of esters is 1. The number of halogens is 1. The first-order chi connectivity index (χ1) is 9.19. The van der Waals surface area contributed by atoms with Crippen molar-refractivity contribution in [3.05, 3.63) is 39.9 Å². The first-order valence-electron chi connectivity index (χ1n) is 5.57. The molecule has 0 atom stereocenters. The third-order valence-corrected chi connectivity index (χ3v) is 3.16. The van der Waals surface area contributed by atoms with E-state index in [1.807, 2.05) is 12.1 Å². The third-order valence-electron chi connectivity index (χ3n) is 2.11. The van der Waals surface area contributed by atoms with Crippen LogP contribution in [0.5, 0.6) is 5.19 Å². The van der Waals surface area contributed by atoms with E-state index < -0.39 is 5.97 Å². The van der Waals surface area contributed by atoms with Crippen LogP contribution < -0.4 is 4.74 Å². The first-order valence-corrected chi connectivity index (χ1v) is 6.76. The highest BCUT2D eigenvalue weighted by molar-refractivity contribution is 7.14. The van der Waals surface area contributed by atoms with Crippen molar-refractivity contribution < 1.29 is 14.3 Å². The maximum atomic E-state index is 11.4. The molecule has 100 valence electrons. The molecule has 0 spiro atoms. The van der Waals surface area contributed by atoms with Gasteiger partial charge in [0.2, 0.25) is 5.01 Å². The van der Waals surface area contributed by atoms with E-state index in [0.29, 0.717) is 23.4 Å². The molecule has 19 heavy (non-hydrogen) atoms. The molecule has 0 fully saturated rings. The molecule has 0 bridgehead atoms. The van der Waals surface area contributed by atoms with E-state index in [0.717, 1.165) is 16.9 Å². The lowest BCUT2D eigenvalue weighted by atomic mass is 10.2. The lowest BCUT2D eigenvalue weighted by Crippen LogP contribution is -2.03. The van der Waals surface area contributed by atoms with Gasteiger partial charge in [-0.15, -0.1) is 5.10 Å². The molecule has 0 aliphatic rings. The van der Waals surface area contributed by atoms with Gasteiger partial charge in [-0.25, -0.2) is 4.79 Å². The summed E-state index contributed by atoms with van der Waals surface area (Å²) in [6.45, 7) is 2.35. The highest BCUT2D eigenvalue weighted by atomic mass is 35.5. The molecule has 0 aliphatic carbocycles. The minimum absolute atomic E-state index is 0.183. The predicted molar refractivity (Wildman–Crippen MR) is 71.6 cm³/mol. The van der Waals surface area contributed by atoms with Crippen LogP contribution in [0, 0.1) is 0 Å². The average Bonchev–Trinajstić information content (AvgIpc) is 2.86. The van der Waals surface area contributed by atoms with E-state index in [1.165, 1.54) is 0 Å². The summed E-state index contributed by atoms with van der Waals surface area (Å²) >= 11 is 6.92. The predicted octanol–water partition coefficient (Wildman–Crippen LogP) is 2.95. The Kier molecular flexibility index (Phi) is 4.70. The smallest absolute Gasteiger partial charge is 0.369 e. The van der Waals surface area contributed by atoms with Crippen LogP contribution in [0.25, 0.3) is 0 Å². The summed E-state index contributed by atoms with van der Waals surface area (Å²) in [5, 5.41) is 8.63. The fourth-order valence-corrected chi connectivity index (χ4v) is 2.12. The minimum atomic E-state index is -0.488. The summed E-state index contributed by atoms with van der Waals surface area (Å²) < 4.78 is 10.3. The van der Waals surface area contributed by atoms with E-state index >= 15 is 0 Å². The molecule has 0 aliphatic heterocycles. The molecule has 7 heteroatoms. The van der Waals surface area contributed by atoms with Gasteiger partial charge in [0, 0.05) is 5.02 Å². The van der Waals surface area contributed by atoms with Crippen molar-refractivity contribution in [1.29, 1.82) is 0 Å². The van der Waals surface area contributed by atoms with Gasteiger partial charge in [-0.2, -0.15) is 0 Å². The number of hydrogen-bond acceptors (Lipinski definition) is 6. The summed E-state index contributed by atoms with van der Waals surface area (Å²) in [6, 6.07) is 7.31. The molecular formula is C12H11ClN2O3S. The quantitative estimate of drug-likeness (QED) is 0.794. The summed E-state index contributed by atoms with van der Waals surface area (Å²) in [5.41, 5.74) is 0.917. The SMILES string of the molecule is CCOC(=O)c1nnc(OCc2cccc(Cl)c2)s1. The summed E-state index contributed by atoms with van der Waals surface area (Å²) in [6.07, 6.45) is 0. The number of hydrogen-bond donors (Lipinski definition) is 0. The van der Waals surface area contributed by atoms with Crippen molar-refractivity contribution in [1.82, 2.24) is 10.2 Å². The highest BCUT2D eigenvalue weighted by Crippen LogP contribution is 2.20. The van der Waals surface area contributed by atoms with Crippen LogP contribution in [0.3, 0.4) is 0 Å².